The Balaban J connectivity index is 1.74. The van der Waals surface area contributed by atoms with Gasteiger partial charge in [0.15, 0.2) is 11.5 Å². The third-order valence-corrected chi connectivity index (χ3v) is 7.27. The van der Waals surface area contributed by atoms with Crippen LogP contribution in [0.2, 0.25) is 0 Å². The summed E-state index contributed by atoms with van der Waals surface area (Å²) in [5.74, 6) is 2.68. The molecule has 1 aliphatic heterocycles. The van der Waals surface area contributed by atoms with Crippen molar-refractivity contribution in [3.8, 4) is 23.0 Å². The summed E-state index contributed by atoms with van der Waals surface area (Å²) < 4.78 is 22.1. The molecule has 1 heterocycles. The van der Waals surface area contributed by atoms with Crippen LogP contribution >= 0.6 is 0 Å². The molecule has 1 amide bonds. The number of fused-ring (bicyclic) bond motifs is 1. The van der Waals surface area contributed by atoms with Crippen molar-refractivity contribution in [3.63, 3.8) is 0 Å². The van der Waals surface area contributed by atoms with E-state index in [1.165, 1.54) is 0 Å². The maximum atomic E-state index is 13.4. The smallest absolute Gasteiger partial charge is 0.227 e. The molecule has 2 aromatic rings. The van der Waals surface area contributed by atoms with E-state index in [9.17, 15) is 4.79 Å². The van der Waals surface area contributed by atoms with Crippen LogP contribution in [0.15, 0.2) is 35.9 Å². The van der Waals surface area contributed by atoms with Gasteiger partial charge >= 0.3 is 0 Å². The molecule has 0 bridgehead atoms. The second kappa shape index (κ2) is 10.7. The number of amides is 1. The van der Waals surface area contributed by atoms with Gasteiger partial charge in [-0.05, 0) is 91.2 Å². The van der Waals surface area contributed by atoms with E-state index in [2.05, 4.69) is 38.1 Å². The molecule has 7 nitrogen and oxygen atoms in total. The van der Waals surface area contributed by atoms with Gasteiger partial charge in [0, 0.05) is 19.1 Å². The van der Waals surface area contributed by atoms with Gasteiger partial charge in [-0.1, -0.05) is 6.07 Å². The summed E-state index contributed by atoms with van der Waals surface area (Å²) in [7, 11) is 10.6. The number of allylic oxidation sites excluding steroid dienone is 2. The van der Waals surface area contributed by atoms with E-state index in [1.807, 2.05) is 29.2 Å². The Labute approximate surface area is 213 Å². The summed E-state index contributed by atoms with van der Waals surface area (Å²) in [6.07, 6.45) is 3.48. The molecule has 0 N–H and O–H groups in total. The van der Waals surface area contributed by atoms with Gasteiger partial charge in [-0.25, -0.2) is 0 Å². The number of hydrogen-bond donors (Lipinski definition) is 0. The van der Waals surface area contributed by atoms with Crippen LogP contribution in [-0.2, 0) is 4.79 Å². The zero-order chi connectivity index (χ0) is 26.0. The number of rotatable bonds is 8. The zero-order valence-corrected chi connectivity index (χ0v) is 22.3. The average molecular weight is 493 g/mol. The highest BCUT2D eigenvalue weighted by atomic mass is 16.5. The minimum atomic E-state index is 0.163. The fraction of sp³-hybridized carbons (Fsp3) is 0.414. The predicted octanol–water partition coefficient (Wildman–Crippen LogP) is 4.60. The molecule has 1 atom stereocenters. The molecule has 1 fully saturated rings. The molecule has 0 spiro atoms. The first-order valence-electron chi connectivity index (χ1n) is 12.2. The van der Waals surface area contributed by atoms with Crippen molar-refractivity contribution in [1.82, 2.24) is 9.80 Å². The van der Waals surface area contributed by atoms with Gasteiger partial charge in [0.05, 0.1) is 34.9 Å². The highest BCUT2D eigenvalue weighted by molar-refractivity contribution is 6.08. The molecule has 0 saturated carbocycles. The SMILES string of the molecule is COc1ccc2c(c1)C(CC(=O)N1CC[C@H](N(C)C)C1)=C(C)/C2=C/c1cc(OC)c(OC)c(OC)c1. The van der Waals surface area contributed by atoms with Crippen LogP contribution in [-0.4, -0.2) is 77.4 Å². The largest absolute Gasteiger partial charge is 0.497 e. The summed E-state index contributed by atoms with van der Waals surface area (Å²) in [4.78, 5) is 17.5. The molecule has 7 heteroatoms. The quantitative estimate of drug-likeness (QED) is 0.537. The Bertz CT molecular complexity index is 1190. The summed E-state index contributed by atoms with van der Waals surface area (Å²) in [6.45, 7) is 3.66. The normalized spacial score (nSPS) is 18.2. The molecule has 1 saturated heterocycles. The van der Waals surface area contributed by atoms with Crippen LogP contribution in [0.3, 0.4) is 0 Å². The van der Waals surface area contributed by atoms with Crippen LogP contribution in [0.1, 0.15) is 36.5 Å². The standard InChI is InChI=1S/C29H36N2O5/c1-18-23(12-19-13-26(34-5)29(36-7)27(14-19)35-6)22-9-8-21(33-4)15-25(22)24(18)16-28(32)31-11-10-20(17-31)30(2)3/h8-9,12-15,20H,10-11,16-17H2,1-7H3/b23-12-/t20-/m0/s1. The van der Waals surface area contributed by atoms with E-state index in [4.69, 9.17) is 18.9 Å². The third-order valence-electron chi connectivity index (χ3n) is 7.27. The fourth-order valence-electron chi connectivity index (χ4n) is 5.12. The Morgan fingerprint density at radius 2 is 1.69 bits per heavy atom. The zero-order valence-electron chi connectivity index (χ0n) is 22.3. The number of hydrogen-bond acceptors (Lipinski definition) is 6. The first-order chi connectivity index (χ1) is 17.3. The second-order valence-electron chi connectivity index (χ2n) is 9.45. The number of nitrogens with zero attached hydrogens (tertiary/aromatic N) is 2. The maximum absolute atomic E-state index is 13.4. The number of methoxy groups -OCH3 is 4. The number of likely N-dealkylation sites (N-methyl/N-ethyl adjacent to an activating group) is 1. The van der Waals surface area contributed by atoms with E-state index in [0.29, 0.717) is 29.7 Å². The average Bonchev–Trinajstić information content (AvgIpc) is 3.48. The first-order valence-corrected chi connectivity index (χ1v) is 12.2. The number of carbonyl (C=O) groups is 1. The van der Waals surface area contributed by atoms with Crippen molar-refractivity contribution < 1.29 is 23.7 Å². The minimum Gasteiger partial charge on any atom is -0.497 e. The first kappa shape index (κ1) is 25.6. The van der Waals surface area contributed by atoms with Crippen LogP contribution in [0.4, 0.5) is 0 Å². The highest BCUT2D eigenvalue weighted by Gasteiger charge is 2.31. The van der Waals surface area contributed by atoms with Crippen molar-refractivity contribution in [3.05, 3.63) is 52.6 Å². The Hall–Kier alpha value is -3.45. The van der Waals surface area contributed by atoms with Gasteiger partial charge < -0.3 is 28.7 Å². The fourth-order valence-corrected chi connectivity index (χ4v) is 5.12. The van der Waals surface area contributed by atoms with E-state index in [0.717, 1.165) is 58.7 Å². The molecule has 4 rings (SSSR count). The van der Waals surface area contributed by atoms with Crippen LogP contribution in [0, 0.1) is 0 Å². The maximum Gasteiger partial charge on any atom is 0.227 e. The molecule has 2 aromatic carbocycles. The van der Waals surface area contributed by atoms with Crippen molar-refractivity contribution in [2.24, 2.45) is 0 Å². The highest BCUT2D eigenvalue weighted by Crippen LogP contribution is 2.46. The van der Waals surface area contributed by atoms with E-state index in [-0.39, 0.29) is 5.91 Å². The monoisotopic (exact) mass is 492 g/mol. The van der Waals surface area contributed by atoms with Gasteiger partial charge in [0.1, 0.15) is 5.75 Å². The lowest BCUT2D eigenvalue weighted by atomic mass is 10.00. The molecule has 36 heavy (non-hydrogen) atoms. The molecule has 2 aliphatic rings. The molecular formula is C29H36N2O5. The van der Waals surface area contributed by atoms with Crippen molar-refractivity contribution in [2.75, 3.05) is 55.6 Å². The molecule has 1 aliphatic carbocycles. The number of benzene rings is 2. The van der Waals surface area contributed by atoms with Gasteiger partial charge in [-0.2, -0.15) is 0 Å². The Morgan fingerprint density at radius 1 is 1.00 bits per heavy atom. The van der Waals surface area contributed by atoms with E-state index in [1.54, 1.807) is 28.4 Å². The molecule has 0 radical (unpaired) electrons. The van der Waals surface area contributed by atoms with Gasteiger partial charge in [0.25, 0.3) is 0 Å². The Morgan fingerprint density at radius 3 is 2.25 bits per heavy atom. The van der Waals surface area contributed by atoms with Crippen LogP contribution < -0.4 is 18.9 Å². The van der Waals surface area contributed by atoms with Gasteiger partial charge in [0.2, 0.25) is 11.7 Å². The lowest BCUT2D eigenvalue weighted by Crippen LogP contribution is -2.34. The number of ether oxygens (including phenoxy) is 4. The van der Waals surface area contributed by atoms with Crippen LogP contribution in [0.25, 0.3) is 17.2 Å². The third kappa shape index (κ3) is 4.80. The summed E-state index contributed by atoms with van der Waals surface area (Å²) in [5, 5.41) is 0. The predicted molar refractivity (Wildman–Crippen MR) is 143 cm³/mol. The number of likely N-dealkylation sites (tertiary alicyclic amines) is 1. The summed E-state index contributed by atoms with van der Waals surface area (Å²) in [6, 6.07) is 10.3. The van der Waals surface area contributed by atoms with E-state index < -0.39 is 0 Å². The topological polar surface area (TPSA) is 60.5 Å². The Kier molecular flexibility index (Phi) is 7.59. The number of carbonyl (C=O) groups excluding carboxylic acids is 1. The lowest BCUT2D eigenvalue weighted by Gasteiger charge is -2.21. The minimum absolute atomic E-state index is 0.163. The van der Waals surface area contributed by atoms with Crippen molar-refractivity contribution in [2.45, 2.75) is 25.8 Å². The van der Waals surface area contributed by atoms with E-state index >= 15 is 0 Å². The lowest BCUT2D eigenvalue weighted by molar-refractivity contribution is -0.129. The second-order valence-corrected chi connectivity index (χ2v) is 9.45. The van der Waals surface area contributed by atoms with Gasteiger partial charge in [-0.3, -0.25) is 4.79 Å². The summed E-state index contributed by atoms with van der Waals surface area (Å²) >= 11 is 0. The molecule has 0 unspecified atom stereocenters. The summed E-state index contributed by atoms with van der Waals surface area (Å²) in [5.41, 5.74) is 6.24. The molecular weight excluding hydrogens is 456 g/mol. The van der Waals surface area contributed by atoms with Crippen molar-refractivity contribution >= 4 is 23.1 Å². The molecule has 0 aromatic heterocycles. The van der Waals surface area contributed by atoms with Crippen LogP contribution in [0.5, 0.6) is 23.0 Å². The van der Waals surface area contributed by atoms with Crippen molar-refractivity contribution in [1.29, 1.82) is 0 Å². The van der Waals surface area contributed by atoms with Gasteiger partial charge in [-0.15, -0.1) is 0 Å². The molecule has 192 valence electrons.